The molecule has 0 amide bonds. The molecule has 4 rings (SSSR count). The minimum Gasteiger partial charge on any atom is -0.478 e. The van der Waals surface area contributed by atoms with E-state index in [2.05, 4.69) is 0 Å². The Morgan fingerprint density at radius 2 is 1.00 bits per heavy atom. The van der Waals surface area contributed by atoms with Gasteiger partial charge in [0, 0.05) is 14.7 Å². The van der Waals surface area contributed by atoms with Crippen molar-refractivity contribution < 1.29 is 18.9 Å². The van der Waals surface area contributed by atoms with Gasteiger partial charge in [-0.25, -0.2) is 9.59 Å². The number of rotatable bonds is 6. The lowest BCUT2D eigenvalue weighted by Gasteiger charge is -2.39. The average molecular weight is 455 g/mol. The fourth-order valence-corrected chi connectivity index (χ4v) is 6.38. The zero-order chi connectivity index (χ0) is 21.7. The van der Waals surface area contributed by atoms with E-state index in [0.29, 0.717) is 0 Å². The molecule has 0 atom stereocenters. The Hall–Kier alpha value is -3.06. The number of carboxylic acids is 1. The van der Waals surface area contributed by atoms with E-state index in [1.807, 2.05) is 91.0 Å². The first-order chi connectivity index (χ1) is 15.1. The lowest BCUT2D eigenvalue weighted by Crippen LogP contribution is -2.14. The summed E-state index contributed by atoms with van der Waals surface area (Å²) < 4.78 is 6.37. The molecule has 0 saturated heterocycles. The van der Waals surface area contributed by atoms with Gasteiger partial charge in [-0.2, -0.15) is 0 Å². The molecule has 32 heavy (non-hydrogen) atoms. The predicted octanol–water partition coefficient (Wildman–Crippen LogP) is 5.52. The van der Waals surface area contributed by atoms with Crippen LogP contribution in [-0.4, -0.2) is 40.1 Å². The van der Waals surface area contributed by atoms with Crippen LogP contribution in [0.4, 0.5) is 0 Å². The molecule has 1 N–H and O–H groups in total. The molecular formula is C26H22MgO4S. The molecule has 0 aromatic heterocycles. The summed E-state index contributed by atoms with van der Waals surface area (Å²) in [7, 11) is -2.41. The SMILES string of the molecule is O=C(O)c1cccc(C(=O)OS(c2ccccc2)(c2ccccc2)c2ccccc2)c1.[MgH2]. The molecule has 158 valence electrons. The van der Waals surface area contributed by atoms with Gasteiger partial charge >= 0.3 is 35.0 Å². The second kappa shape index (κ2) is 10.5. The fourth-order valence-electron chi connectivity index (χ4n) is 3.33. The van der Waals surface area contributed by atoms with Crippen molar-refractivity contribution in [2.75, 3.05) is 0 Å². The Bertz CT molecular complexity index is 1100. The topological polar surface area (TPSA) is 63.6 Å². The summed E-state index contributed by atoms with van der Waals surface area (Å²) in [5.41, 5.74) is 0.230. The quantitative estimate of drug-likeness (QED) is 0.389. The van der Waals surface area contributed by atoms with Gasteiger partial charge in [0.15, 0.2) is 0 Å². The summed E-state index contributed by atoms with van der Waals surface area (Å²) in [6.07, 6.45) is 0. The van der Waals surface area contributed by atoms with E-state index < -0.39 is 22.2 Å². The van der Waals surface area contributed by atoms with Crippen molar-refractivity contribution in [3.8, 4) is 0 Å². The molecule has 0 bridgehead atoms. The van der Waals surface area contributed by atoms with Gasteiger partial charge in [0.2, 0.25) is 0 Å². The van der Waals surface area contributed by atoms with Crippen molar-refractivity contribution in [1.82, 2.24) is 0 Å². The smallest absolute Gasteiger partial charge is 0.349 e. The van der Waals surface area contributed by atoms with Crippen LogP contribution in [0.3, 0.4) is 0 Å². The van der Waals surface area contributed by atoms with Crippen LogP contribution in [0.25, 0.3) is 0 Å². The first kappa shape index (κ1) is 23.6. The number of carbonyl (C=O) groups is 2. The number of hydrogen-bond acceptors (Lipinski definition) is 3. The van der Waals surface area contributed by atoms with Crippen LogP contribution >= 0.6 is 10.3 Å². The Kier molecular flexibility index (Phi) is 7.74. The largest absolute Gasteiger partial charge is 0.478 e. The number of carboxylic acid groups (broad SMARTS) is 1. The Balaban J connectivity index is 0.00000289. The molecule has 0 aliphatic carbocycles. The molecule has 0 radical (unpaired) electrons. The number of aromatic carboxylic acids is 1. The normalized spacial score (nSPS) is 11.1. The fraction of sp³-hybridized carbons (Fsp3) is 0. The molecule has 4 aromatic rings. The van der Waals surface area contributed by atoms with Crippen LogP contribution in [0.1, 0.15) is 20.7 Å². The van der Waals surface area contributed by atoms with Crippen LogP contribution < -0.4 is 0 Å². The first-order valence-corrected chi connectivity index (χ1v) is 11.2. The highest BCUT2D eigenvalue weighted by atomic mass is 32.3. The summed E-state index contributed by atoms with van der Waals surface area (Å²) in [6, 6.07) is 34.9. The maximum absolute atomic E-state index is 13.4. The van der Waals surface area contributed by atoms with E-state index >= 15 is 0 Å². The van der Waals surface area contributed by atoms with E-state index in [4.69, 9.17) is 4.18 Å². The summed E-state index contributed by atoms with van der Waals surface area (Å²) >= 11 is 0. The third-order valence-electron chi connectivity index (χ3n) is 4.77. The second-order valence-electron chi connectivity index (χ2n) is 6.75. The van der Waals surface area contributed by atoms with Crippen LogP contribution in [0, 0.1) is 0 Å². The zero-order valence-corrected chi connectivity index (χ0v) is 17.4. The molecule has 0 aliphatic rings. The monoisotopic (exact) mass is 454 g/mol. The van der Waals surface area contributed by atoms with Gasteiger partial charge in [0.05, 0.1) is 11.1 Å². The van der Waals surface area contributed by atoms with Crippen molar-refractivity contribution in [3.63, 3.8) is 0 Å². The van der Waals surface area contributed by atoms with Crippen molar-refractivity contribution in [2.24, 2.45) is 0 Å². The van der Waals surface area contributed by atoms with Crippen LogP contribution in [0.5, 0.6) is 0 Å². The number of hydrogen-bond donors (Lipinski definition) is 1. The number of carbonyl (C=O) groups excluding carboxylic acids is 1. The van der Waals surface area contributed by atoms with Gasteiger partial charge in [-0.3, -0.25) is 0 Å². The van der Waals surface area contributed by atoms with Crippen molar-refractivity contribution in [3.05, 3.63) is 126 Å². The molecule has 0 unspecified atom stereocenters. The van der Waals surface area contributed by atoms with Crippen molar-refractivity contribution in [2.45, 2.75) is 14.7 Å². The molecule has 0 heterocycles. The van der Waals surface area contributed by atoms with Crippen LogP contribution in [-0.2, 0) is 4.18 Å². The molecule has 6 heteroatoms. The highest BCUT2D eigenvalue weighted by molar-refractivity contribution is 8.30. The van der Waals surface area contributed by atoms with E-state index in [0.717, 1.165) is 14.7 Å². The Morgan fingerprint density at radius 3 is 1.41 bits per heavy atom. The van der Waals surface area contributed by atoms with Crippen molar-refractivity contribution >= 4 is 45.3 Å². The van der Waals surface area contributed by atoms with Crippen molar-refractivity contribution in [1.29, 1.82) is 0 Å². The predicted molar refractivity (Wildman–Crippen MR) is 129 cm³/mol. The number of benzene rings is 4. The van der Waals surface area contributed by atoms with Gasteiger partial charge in [-0.05, 0) is 64.9 Å². The van der Waals surface area contributed by atoms with Gasteiger partial charge in [0.1, 0.15) is 0 Å². The maximum atomic E-state index is 13.4. The van der Waals surface area contributed by atoms with E-state index in [9.17, 15) is 14.7 Å². The lowest BCUT2D eigenvalue weighted by molar-refractivity contribution is 0.0697. The molecule has 4 aromatic carbocycles. The highest BCUT2D eigenvalue weighted by Crippen LogP contribution is 2.69. The van der Waals surface area contributed by atoms with E-state index in [1.54, 1.807) is 12.1 Å². The Morgan fingerprint density at radius 1 is 0.594 bits per heavy atom. The second-order valence-corrected chi connectivity index (χ2v) is 9.45. The molecule has 0 saturated carbocycles. The summed E-state index contributed by atoms with van der Waals surface area (Å²) in [6.45, 7) is 0. The van der Waals surface area contributed by atoms with Crippen LogP contribution in [0.15, 0.2) is 130 Å². The molecular weight excluding hydrogens is 433 g/mol. The minimum atomic E-state index is -2.41. The highest BCUT2D eigenvalue weighted by Gasteiger charge is 2.35. The standard InChI is InChI=1S/C26H20O4S.Mg.2H/c27-25(28)20-11-10-12-21(19-20)26(29)30-31(22-13-4-1-5-14-22,23-15-6-2-7-16-23)24-17-8-3-9-18-24;;;/h1-19H,(H,27,28);;;. The third-order valence-corrected chi connectivity index (χ3v) is 7.98. The zero-order valence-electron chi connectivity index (χ0n) is 16.5. The summed E-state index contributed by atoms with van der Waals surface area (Å²) in [5.74, 6) is -1.67. The van der Waals surface area contributed by atoms with Gasteiger partial charge in [-0.15, -0.1) is 0 Å². The van der Waals surface area contributed by atoms with E-state index in [-0.39, 0.29) is 34.2 Å². The molecule has 0 aliphatic heterocycles. The minimum absolute atomic E-state index is 0. The molecule has 4 nitrogen and oxygen atoms in total. The molecule has 0 spiro atoms. The van der Waals surface area contributed by atoms with Gasteiger partial charge < -0.3 is 9.29 Å². The molecule has 0 fully saturated rings. The average Bonchev–Trinajstić information content (AvgIpc) is 2.84. The first-order valence-electron chi connectivity index (χ1n) is 9.67. The van der Waals surface area contributed by atoms with Gasteiger partial charge in [-0.1, -0.05) is 60.7 Å². The van der Waals surface area contributed by atoms with Crippen LogP contribution in [0.2, 0.25) is 0 Å². The van der Waals surface area contributed by atoms with E-state index in [1.165, 1.54) is 12.1 Å². The summed E-state index contributed by atoms with van der Waals surface area (Å²) in [4.78, 5) is 27.4. The lowest BCUT2D eigenvalue weighted by atomic mass is 10.1. The maximum Gasteiger partial charge on any atom is 0.349 e. The third kappa shape index (κ3) is 4.72. The van der Waals surface area contributed by atoms with Gasteiger partial charge in [0.25, 0.3) is 0 Å². The summed E-state index contributed by atoms with van der Waals surface area (Å²) in [5, 5.41) is 9.31. The Labute approximate surface area is 204 Å².